The number of amidine groups is 1. The molecule has 7 nitrogen and oxygen atoms in total. The van der Waals surface area contributed by atoms with Crippen LogP contribution in [0.4, 0.5) is 20.6 Å². The molecular weight excluding hydrogens is 381 g/mol. The standard InChI is InChI=1S/C19H26FN5O2S/c1-19(2,3)27-18(26)25-9-7-14(8-10-25)23-15-6-5-13(20)11-16(15)24-17(28-4)22-12-21/h5-6,11,14,23H,7-10H2,1-4H3,(H,22,24). The Balaban J connectivity index is 2.04. The summed E-state index contributed by atoms with van der Waals surface area (Å²) in [5.41, 5.74) is 0.588. The van der Waals surface area contributed by atoms with Gasteiger partial charge in [-0.15, -0.1) is 0 Å². The number of halogens is 1. The molecule has 152 valence electrons. The Morgan fingerprint density at radius 2 is 2.07 bits per heavy atom. The molecule has 1 amide bonds. The second kappa shape index (κ2) is 9.64. The number of benzene rings is 1. The highest BCUT2D eigenvalue weighted by Crippen LogP contribution is 2.29. The van der Waals surface area contributed by atoms with Gasteiger partial charge >= 0.3 is 6.09 Å². The Bertz CT molecular complexity index is 765. The molecule has 0 aromatic heterocycles. The predicted octanol–water partition coefficient (Wildman–Crippen LogP) is 4.06. The molecule has 1 heterocycles. The van der Waals surface area contributed by atoms with Gasteiger partial charge in [-0.1, -0.05) is 11.8 Å². The van der Waals surface area contributed by atoms with Gasteiger partial charge in [0.05, 0.1) is 11.4 Å². The highest BCUT2D eigenvalue weighted by molar-refractivity contribution is 8.13. The first-order valence-corrected chi connectivity index (χ1v) is 10.3. The summed E-state index contributed by atoms with van der Waals surface area (Å²) in [7, 11) is 0. The van der Waals surface area contributed by atoms with Crippen molar-refractivity contribution in [2.24, 2.45) is 4.99 Å². The number of anilines is 1. The molecule has 9 heteroatoms. The second-order valence-electron chi connectivity index (χ2n) is 7.41. The van der Waals surface area contributed by atoms with Crippen molar-refractivity contribution in [2.75, 3.05) is 24.7 Å². The maximum atomic E-state index is 13.7. The molecule has 2 rings (SSSR count). The van der Waals surface area contributed by atoms with Gasteiger partial charge in [0.15, 0.2) is 11.4 Å². The monoisotopic (exact) mass is 407 g/mol. The molecule has 0 saturated carbocycles. The molecule has 1 aromatic rings. The van der Waals surface area contributed by atoms with Gasteiger partial charge < -0.3 is 15.0 Å². The summed E-state index contributed by atoms with van der Waals surface area (Å²) in [6.45, 7) is 6.70. The van der Waals surface area contributed by atoms with Crippen LogP contribution in [0.15, 0.2) is 23.2 Å². The Morgan fingerprint density at radius 3 is 2.64 bits per heavy atom. The van der Waals surface area contributed by atoms with E-state index in [1.54, 1.807) is 17.2 Å². The van der Waals surface area contributed by atoms with E-state index in [1.165, 1.54) is 23.9 Å². The lowest BCUT2D eigenvalue weighted by Gasteiger charge is -2.34. The number of ether oxygens (including phenoxy) is 1. The average molecular weight is 408 g/mol. The third kappa shape index (κ3) is 6.60. The quantitative estimate of drug-likeness (QED) is 0.340. The Hall–Kier alpha value is -2.47. The fraction of sp³-hybridized carbons (Fsp3) is 0.526. The first kappa shape index (κ1) is 21.8. The maximum Gasteiger partial charge on any atom is 0.410 e. The molecule has 0 radical (unpaired) electrons. The van der Waals surface area contributed by atoms with Crippen molar-refractivity contribution in [3.63, 3.8) is 0 Å². The number of carbonyl (C=O) groups excluding carboxylic acids is 1. The number of hydrogen-bond donors (Lipinski definition) is 2. The van der Waals surface area contributed by atoms with Gasteiger partial charge in [-0.3, -0.25) is 5.32 Å². The molecule has 0 atom stereocenters. The molecule has 1 fully saturated rings. The SMILES string of the molecule is CSC(=Nc1cc(F)ccc1NC1CCN(C(=O)OC(C)(C)C)CC1)NC#N. The molecule has 2 N–H and O–H groups in total. The molecule has 0 spiro atoms. The van der Waals surface area contributed by atoms with Crippen LogP contribution >= 0.6 is 11.8 Å². The molecule has 1 aliphatic heterocycles. The smallest absolute Gasteiger partial charge is 0.410 e. The molecule has 0 bridgehead atoms. The molecule has 1 saturated heterocycles. The normalized spacial score (nSPS) is 15.7. The van der Waals surface area contributed by atoms with E-state index in [9.17, 15) is 9.18 Å². The van der Waals surface area contributed by atoms with Crippen LogP contribution < -0.4 is 10.6 Å². The number of amides is 1. The van der Waals surface area contributed by atoms with E-state index >= 15 is 0 Å². The molecular formula is C19H26FN5O2S. The summed E-state index contributed by atoms with van der Waals surface area (Å²) in [6, 6.07) is 4.46. The van der Waals surface area contributed by atoms with Crippen LogP contribution in [0.25, 0.3) is 0 Å². The van der Waals surface area contributed by atoms with E-state index in [-0.39, 0.29) is 12.1 Å². The highest BCUT2D eigenvalue weighted by Gasteiger charge is 2.27. The second-order valence-corrected chi connectivity index (χ2v) is 8.20. The van der Waals surface area contributed by atoms with Crippen LogP contribution in [-0.4, -0.2) is 47.1 Å². The number of likely N-dealkylation sites (tertiary alicyclic amines) is 1. The van der Waals surface area contributed by atoms with Crippen LogP contribution in [-0.2, 0) is 4.74 Å². The minimum Gasteiger partial charge on any atom is -0.444 e. The van der Waals surface area contributed by atoms with Crippen molar-refractivity contribution in [1.29, 1.82) is 5.26 Å². The molecule has 0 aliphatic carbocycles. The fourth-order valence-corrected chi connectivity index (χ4v) is 3.09. The average Bonchev–Trinajstić information content (AvgIpc) is 2.62. The summed E-state index contributed by atoms with van der Waals surface area (Å²) >= 11 is 1.27. The van der Waals surface area contributed by atoms with Gasteiger partial charge in [-0.2, -0.15) is 5.26 Å². The zero-order chi connectivity index (χ0) is 20.7. The van der Waals surface area contributed by atoms with Gasteiger partial charge in [0.25, 0.3) is 0 Å². The topological polar surface area (TPSA) is 89.8 Å². The van der Waals surface area contributed by atoms with E-state index in [0.29, 0.717) is 29.6 Å². The van der Waals surface area contributed by atoms with Crippen molar-refractivity contribution in [2.45, 2.75) is 45.3 Å². The summed E-state index contributed by atoms with van der Waals surface area (Å²) < 4.78 is 19.1. The van der Waals surface area contributed by atoms with Gasteiger partial charge in [0.2, 0.25) is 0 Å². The van der Waals surface area contributed by atoms with Gasteiger partial charge in [0, 0.05) is 25.2 Å². The summed E-state index contributed by atoms with van der Waals surface area (Å²) in [6.07, 6.45) is 4.78. The van der Waals surface area contributed by atoms with E-state index in [0.717, 1.165) is 12.8 Å². The zero-order valence-electron chi connectivity index (χ0n) is 16.6. The lowest BCUT2D eigenvalue weighted by Crippen LogP contribution is -2.44. The number of nitrogens with zero attached hydrogens (tertiary/aromatic N) is 3. The van der Waals surface area contributed by atoms with Crippen LogP contribution in [0.5, 0.6) is 0 Å². The number of thioether (sulfide) groups is 1. The highest BCUT2D eigenvalue weighted by atomic mass is 32.2. The van der Waals surface area contributed by atoms with Gasteiger partial charge in [0.1, 0.15) is 11.4 Å². The number of rotatable bonds is 3. The molecule has 1 aliphatic rings. The Labute approximate surface area is 169 Å². The maximum absolute atomic E-state index is 13.7. The lowest BCUT2D eigenvalue weighted by molar-refractivity contribution is 0.0210. The largest absolute Gasteiger partial charge is 0.444 e. The van der Waals surface area contributed by atoms with E-state index in [2.05, 4.69) is 15.6 Å². The first-order valence-electron chi connectivity index (χ1n) is 9.03. The Morgan fingerprint density at radius 1 is 1.39 bits per heavy atom. The van der Waals surface area contributed by atoms with Crippen molar-refractivity contribution < 1.29 is 13.9 Å². The summed E-state index contributed by atoms with van der Waals surface area (Å²) in [4.78, 5) is 18.2. The van der Waals surface area contributed by atoms with Crippen LogP contribution in [0, 0.1) is 17.3 Å². The predicted molar refractivity (Wildman–Crippen MR) is 110 cm³/mol. The lowest BCUT2D eigenvalue weighted by atomic mass is 10.0. The van der Waals surface area contributed by atoms with Crippen molar-refractivity contribution >= 4 is 34.4 Å². The van der Waals surface area contributed by atoms with Gasteiger partial charge in [-0.05, 0) is 52.0 Å². The fourth-order valence-electron chi connectivity index (χ4n) is 2.75. The van der Waals surface area contributed by atoms with Crippen LogP contribution in [0.1, 0.15) is 33.6 Å². The van der Waals surface area contributed by atoms with Gasteiger partial charge in [-0.25, -0.2) is 14.2 Å². The van der Waals surface area contributed by atoms with Crippen LogP contribution in [0.3, 0.4) is 0 Å². The van der Waals surface area contributed by atoms with Crippen molar-refractivity contribution in [3.05, 3.63) is 24.0 Å². The minimum absolute atomic E-state index is 0.125. The molecule has 28 heavy (non-hydrogen) atoms. The van der Waals surface area contributed by atoms with E-state index in [1.807, 2.05) is 27.0 Å². The number of nitriles is 1. The zero-order valence-corrected chi connectivity index (χ0v) is 17.4. The minimum atomic E-state index is -0.514. The number of carbonyl (C=O) groups is 1. The number of piperidine rings is 1. The third-order valence-electron chi connectivity index (χ3n) is 4.04. The van der Waals surface area contributed by atoms with Crippen molar-refractivity contribution in [3.8, 4) is 6.19 Å². The van der Waals surface area contributed by atoms with E-state index < -0.39 is 11.4 Å². The first-order chi connectivity index (χ1) is 13.2. The third-order valence-corrected chi connectivity index (χ3v) is 4.62. The Kier molecular flexibility index (Phi) is 7.52. The number of nitrogens with one attached hydrogen (secondary N) is 2. The number of hydrogen-bond acceptors (Lipinski definition) is 6. The summed E-state index contributed by atoms with van der Waals surface area (Å²) in [5.74, 6) is -0.401. The number of aliphatic imine (C=N–C) groups is 1. The summed E-state index contributed by atoms with van der Waals surface area (Å²) in [5, 5.41) is 15.0. The van der Waals surface area contributed by atoms with E-state index in [4.69, 9.17) is 10.00 Å². The van der Waals surface area contributed by atoms with Crippen molar-refractivity contribution in [1.82, 2.24) is 10.2 Å². The van der Waals surface area contributed by atoms with Crippen LogP contribution in [0.2, 0.25) is 0 Å². The molecule has 0 unspecified atom stereocenters. The molecule has 1 aromatic carbocycles.